The molecule has 3 rings (SSSR count). The average molecular weight is 311 g/mol. The highest BCUT2D eigenvalue weighted by molar-refractivity contribution is 5.79. The van der Waals surface area contributed by atoms with E-state index in [1.165, 1.54) is 0 Å². The zero-order valence-corrected chi connectivity index (χ0v) is 13.7. The number of benzene rings is 1. The Balaban J connectivity index is 1.69. The zero-order valence-electron chi connectivity index (χ0n) is 13.7. The third kappa shape index (κ3) is 4.21. The van der Waals surface area contributed by atoms with E-state index >= 15 is 0 Å². The molecule has 1 atom stereocenters. The molecular weight excluding hydrogens is 286 g/mol. The lowest BCUT2D eigenvalue weighted by molar-refractivity contribution is -0.127. The van der Waals surface area contributed by atoms with Crippen molar-refractivity contribution in [2.45, 2.75) is 45.2 Å². The number of carbonyl (C=O) groups is 1. The Labute approximate surface area is 137 Å². The second-order valence-corrected chi connectivity index (χ2v) is 6.69. The topological polar surface area (TPSA) is 46.9 Å². The lowest BCUT2D eigenvalue weighted by Gasteiger charge is -2.28. The van der Waals surface area contributed by atoms with Crippen molar-refractivity contribution in [2.24, 2.45) is 11.8 Å². The van der Waals surface area contributed by atoms with E-state index in [0.717, 1.165) is 37.2 Å². The first-order valence-corrected chi connectivity index (χ1v) is 8.53. The van der Waals surface area contributed by atoms with Crippen LogP contribution in [0.5, 0.6) is 0 Å². The van der Waals surface area contributed by atoms with Gasteiger partial charge in [-0.3, -0.25) is 4.79 Å². The van der Waals surface area contributed by atoms with Gasteiger partial charge in [0.1, 0.15) is 0 Å². The fraction of sp³-hybridized carbons (Fsp3) is 0.474. The maximum atomic E-state index is 12.7. The number of hydrogen-bond acceptors (Lipinski definition) is 2. The zero-order chi connectivity index (χ0) is 16.1. The molecule has 1 aromatic heterocycles. The van der Waals surface area contributed by atoms with E-state index in [4.69, 9.17) is 0 Å². The molecule has 122 valence electrons. The Bertz CT molecular complexity index is 601. The van der Waals surface area contributed by atoms with E-state index in [1.807, 2.05) is 29.0 Å². The maximum absolute atomic E-state index is 12.7. The molecular formula is C19H25N3O. The Kier molecular flexibility index (Phi) is 5.11. The second-order valence-electron chi connectivity index (χ2n) is 6.69. The third-order valence-electron chi connectivity index (χ3n) is 4.86. The van der Waals surface area contributed by atoms with E-state index in [0.29, 0.717) is 6.54 Å². The molecule has 4 heteroatoms. The number of carbonyl (C=O) groups excluding carboxylic acids is 1. The molecule has 1 unspecified atom stereocenters. The highest BCUT2D eigenvalue weighted by atomic mass is 16.1. The van der Waals surface area contributed by atoms with Crippen LogP contribution in [0.25, 0.3) is 0 Å². The minimum Gasteiger partial charge on any atom is -0.347 e. The van der Waals surface area contributed by atoms with Crippen molar-refractivity contribution in [1.29, 1.82) is 0 Å². The van der Waals surface area contributed by atoms with Crippen LogP contribution >= 0.6 is 0 Å². The average Bonchev–Trinajstić information content (AvgIpc) is 3.09. The maximum Gasteiger partial charge on any atom is 0.223 e. The molecule has 0 aliphatic heterocycles. The van der Waals surface area contributed by atoms with E-state index < -0.39 is 0 Å². The number of aromatic nitrogens is 2. The van der Waals surface area contributed by atoms with Crippen LogP contribution in [0.3, 0.4) is 0 Å². The molecule has 1 N–H and O–H groups in total. The van der Waals surface area contributed by atoms with Crippen molar-refractivity contribution in [3.63, 3.8) is 0 Å². The van der Waals surface area contributed by atoms with Crippen LogP contribution in [0.15, 0.2) is 49.1 Å². The standard InChI is InChI=1S/C19H25N3O/c1-15-7-9-17(10-8-15)19(23)21-18(13-22-12-11-20-14-22)16-5-3-2-4-6-16/h2-6,11-12,14-15,17-18H,7-10,13H2,1H3,(H,21,23). The summed E-state index contributed by atoms with van der Waals surface area (Å²) in [5, 5.41) is 3.27. The van der Waals surface area contributed by atoms with Gasteiger partial charge in [-0.15, -0.1) is 0 Å². The fourth-order valence-corrected chi connectivity index (χ4v) is 3.34. The largest absolute Gasteiger partial charge is 0.347 e. The predicted molar refractivity (Wildman–Crippen MR) is 90.7 cm³/mol. The molecule has 0 radical (unpaired) electrons. The van der Waals surface area contributed by atoms with Gasteiger partial charge in [0.05, 0.1) is 12.4 Å². The summed E-state index contributed by atoms with van der Waals surface area (Å²) >= 11 is 0. The minimum atomic E-state index is -0.0164. The SMILES string of the molecule is CC1CCC(C(=O)NC(Cn2ccnc2)c2ccccc2)CC1. The van der Waals surface area contributed by atoms with Gasteiger partial charge >= 0.3 is 0 Å². The second kappa shape index (κ2) is 7.44. The Morgan fingerprint density at radius 3 is 2.65 bits per heavy atom. The first-order valence-electron chi connectivity index (χ1n) is 8.53. The van der Waals surface area contributed by atoms with Crippen LogP contribution < -0.4 is 5.32 Å². The first kappa shape index (κ1) is 15.8. The van der Waals surface area contributed by atoms with Crippen molar-refractivity contribution in [2.75, 3.05) is 0 Å². The van der Waals surface area contributed by atoms with Gasteiger partial charge in [-0.25, -0.2) is 4.98 Å². The number of nitrogens with one attached hydrogen (secondary N) is 1. The molecule has 1 heterocycles. The molecule has 1 fully saturated rings. The van der Waals surface area contributed by atoms with Crippen LogP contribution in [0.4, 0.5) is 0 Å². The van der Waals surface area contributed by atoms with Crippen molar-refractivity contribution >= 4 is 5.91 Å². The quantitative estimate of drug-likeness (QED) is 0.917. The third-order valence-corrected chi connectivity index (χ3v) is 4.86. The normalized spacial score (nSPS) is 22.5. The molecule has 0 spiro atoms. The molecule has 23 heavy (non-hydrogen) atoms. The van der Waals surface area contributed by atoms with E-state index in [2.05, 4.69) is 29.4 Å². The van der Waals surface area contributed by atoms with E-state index in [9.17, 15) is 4.79 Å². The van der Waals surface area contributed by atoms with E-state index in [-0.39, 0.29) is 17.9 Å². The molecule has 1 aromatic carbocycles. The van der Waals surface area contributed by atoms with Crippen LogP contribution in [0.2, 0.25) is 0 Å². The number of rotatable bonds is 5. The molecule has 0 saturated heterocycles. The highest BCUT2D eigenvalue weighted by Gasteiger charge is 2.26. The first-order chi connectivity index (χ1) is 11.2. The molecule has 0 bridgehead atoms. The molecule has 1 aliphatic rings. The van der Waals surface area contributed by atoms with Crippen molar-refractivity contribution in [3.8, 4) is 0 Å². The molecule has 4 nitrogen and oxygen atoms in total. The van der Waals surface area contributed by atoms with Crippen LogP contribution in [-0.4, -0.2) is 15.5 Å². The van der Waals surface area contributed by atoms with Gasteiger partial charge < -0.3 is 9.88 Å². The van der Waals surface area contributed by atoms with Gasteiger partial charge in [-0.2, -0.15) is 0 Å². The number of hydrogen-bond donors (Lipinski definition) is 1. The Hall–Kier alpha value is -2.10. The van der Waals surface area contributed by atoms with Crippen molar-refractivity contribution in [1.82, 2.24) is 14.9 Å². The lowest BCUT2D eigenvalue weighted by atomic mass is 9.82. The Morgan fingerprint density at radius 2 is 2.00 bits per heavy atom. The monoisotopic (exact) mass is 311 g/mol. The van der Waals surface area contributed by atoms with Gasteiger partial charge in [-0.05, 0) is 37.2 Å². The predicted octanol–water partition coefficient (Wildman–Crippen LogP) is 3.57. The number of imidazole rings is 1. The van der Waals surface area contributed by atoms with Gasteiger partial charge in [0.25, 0.3) is 0 Å². The van der Waals surface area contributed by atoms with Gasteiger partial charge in [0.15, 0.2) is 0 Å². The summed E-state index contributed by atoms with van der Waals surface area (Å²) in [7, 11) is 0. The summed E-state index contributed by atoms with van der Waals surface area (Å²) in [6, 6.07) is 10.2. The van der Waals surface area contributed by atoms with E-state index in [1.54, 1.807) is 12.5 Å². The smallest absolute Gasteiger partial charge is 0.223 e. The molecule has 1 aliphatic carbocycles. The van der Waals surface area contributed by atoms with Crippen molar-refractivity contribution < 1.29 is 4.79 Å². The summed E-state index contributed by atoms with van der Waals surface area (Å²) in [6.07, 6.45) is 9.85. The Morgan fingerprint density at radius 1 is 1.26 bits per heavy atom. The van der Waals surface area contributed by atoms with Gasteiger partial charge in [-0.1, -0.05) is 37.3 Å². The molecule has 1 amide bonds. The molecule has 1 saturated carbocycles. The summed E-state index contributed by atoms with van der Waals surface area (Å²) in [5.41, 5.74) is 1.14. The lowest BCUT2D eigenvalue weighted by Crippen LogP contribution is -2.37. The summed E-state index contributed by atoms with van der Waals surface area (Å²) in [5.74, 6) is 1.13. The van der Waals surface area contributed by atoms with Gasteiger partial charge in [0, 0.05) is 24.9 Å². The molecule has 2 aromatic rings. The van der Waals surface area contributed by atoms with Crippen molar-refractivity contribution in [3.05, 3.63) is 54.6 Å². The van der Waals surface area contributed by atoms with Crippen LogP contribution in [-0.2, 0) is 11.3 Å². The van der Waals surface area contributed by atoms with Crippen LogP contribution in [0.1, 0.15) is 44.2 Å². The summed E-state index contributed by atoms with van der Waals surface area (Å²) in [6.45, 7) is 2.98. The number of amides is 1. The summed E-state index contributed by atoms with van der Waals surface area (Å²) < 4.78 is 2.01. The fourth-order valence-electron chi connectivity index (χ4n) is 3.34. The van der Waals surface area contributed by atoms with Gasteiger partial charge in [0.2, 0.25) is 5.91 Å². The number of nitrogens with zero attached hydrogens (tertiary/aromatic N) is 2. The highest BCUT2D eigenvalue weighted by Crippen LogP contribution is 2.29. The minimum absolute atomic E-state index is 0.0164. The summed E-state index contributed by atoms with van der Waals surface area (Å²) in [4.78, 5) is 16.8. The van der Waals surface area contributed by atoms with Crippen LogP contribution in [0, 0.1) is 11.8 Å².